The third-order valence-corrected chi connectivity index (χ3v) is 3.22. The van der Waals surface area contributed by atoms with Gasteiger partial charge in [0.2, 0.25) is 5.91 Å². The van der Waals surface area contributed by atoms with E-state index >= 15 is 0 Å². The molecule has 18 heavy (non-hydrogen) atoms. The number of carboxylic acid groups (broad SMARTS) is 1. The molecule has 0 saturated carbocycles. The number of aliphatic carboxylic acids is 1. The number of amides is 1. The molecule has 0 aromatic heterocycles. The maximum Gasteiger partial charge on any atom is 0.331 e. The van der Waals surface area contributed by atoms with Gasteiger partial charge in [0.1, 0.15) is 0 Å². The lowest BCUT2D eigenvalue weighted by atomic mass is 10.0. The molecule has 0 aliphatic heterocycles. The number of hydrogen-bond donors (Lipinski definition) is 1. The summed E-state index contributed by atoms with van der Waals surface area (Å²) in [4.78, 5) is 24.1. The highest BCUT2D eigenvalue weighted by Crippen LogP contribution is 2.33. The lowest BCUT2D eigenvalue weighted by Gasteiger charge is -2.28. The maximum atomic E-state index is 11.5. The van der Waals surface area contributed by atoms with Gasteiger partial charge >= 0.3 is 5.97 Å². The van der Waals surface area contributed by atoms with Crippen LogP contribution in [0.1, 0.15) is 25.5 Å². The van der Waals surface area contributed by atoms with Crippen LogP contribution >= 0.6 is 23.2 Å². The van der Waals surface area contributed by atoms with Crippen LogP contribution in [0.2, 0.25) is 10.0 Å². The van der Waals surface area contributed by atoms with Crippen molar-refractivity contribution in [3.63, 3.8) is 0 Å². The van der Waals surface area contributed by atoms with Gasteiger partial charge in [0, 0.05) is 29.1 Å². The molecule has 0 saturated heterocycles. The Bertz CT molecular complexity index is 456. The van der Waals surface area contributed by atoms with Gasteiger partial charge in [0.15, 0.2) is 6.04 Å². The van der Waals surface area contributed by atoms with Crippen LogP contribution in [0, 0.1) is 0 Å². The molecule has 1 N–H and O–H groups in total. The monoisotopic (exact) mass is 289 g/mol. The summed E-state index contributed by atoms with van der Waals surface area (Å²) in [6.07, 6.45) is 0. The molecule has 4 nitrogen and oxygen atoms in total. The van der Waals surface area contributed by atoms with Gasteiger partial charge in [-0.2, -0.15) is 0 Å². The molecule has 0 spiro atoms. The predicted octanol–water partition coefficient (Wildman–Crippen LogP) is 2.99. The van der Waals surface area contributed by atoms with Crippen LogP contribution in [0.25, 0.3) is 0 Å². The van der Waals surface area contributed by atoms with E-state index in [1.807, 2.05) is 0 Å². The van der Waals surface area contributed by atoms with E-state index in [2.05, 4.69) is 0 Å². The summed E-state index contributed by atoms with van der Waals surface area (Å²) in [6, 6.07) is 3.55. The SMILES string of the molecule is CCN(C(C)=O)C(C(=O)O)c1c(Cl)cccc1Cl. The molecule has 0 aliphatic rings. The first kappa shape index (κ1) is 14.8. The Morgan fingerprint density at radius 2 is 1.83 bits per heavy atom. The van der Waals surface area contributed by atoms with Crippen molar-refractivity contribution < 1.29 is 14.7 Å². The van der Waals surface area contributed by atoms with E-state index in [0.717, 1.165) is 0 Å². The van der Waals surface area contributed by atoms with Gasteiger partial charge in [-0.1, -0.05) is 29.3 Å². The first-order valence-electron chi connectivity index (χ1n) is 5.34. The standard InChI is InChI=1S/C12H13Cl2NO3/c1-3-15(7(2)16)11(12(17)18)10-8(13)5-4-6-9(10)14/h4-6,11H,3H2,1-2H3,(H,17,18). The van der Waals surface area contributed by atoms with Gasteiger partial charge in [-0.05, 0) is 19.1 Å². The van der Waals surface area contributed by atoms with Crippen molar-refractivity contribution in [2.75, 3.05) is 6.54 Å². The third-order valence-electron chi connectivity index (χ3n) is 2.56. The first-order valence-corrected chi connectivity index (χ1v) is 6.09. The Hall–Kier alpha value is -1.26. The van der Waals surface area contributed by atoms with Gasteiger partial charge in [-0.15, -0.1) is 0 Å². The largest absolute Gasteiger partial charge is 0.479 e. The quantitative estimate of drug-likeness (QED) is 0.927. The van der Waals surface area contributed by atoms with Gasteiger partial charge in [-0.3, -0.25) is 4.79 Å². The van der Waals surface area contributed by atoms with Crippen molar-refractivity contribution in [2.45, 2.75) is 19.9 Å². The summed E-state index contributed by atoms with van der Waals surface area (Å²) in [6.45, 7) is 3.26. The van der Waals surface area contributed by atoms with Gasteiger partial charge in [0.05, 0.1) is 0 Å². The fourth-order valence-corrected chi connectivity index (χ4v) is 2.38. The average molecular weight is 290 g/mol. The van der Waals surface area contributed by atoms with Crippen LogP contribution in [0.4, 0.5) is 0 Å². The number of benzene rings is 1. The topological polar surface area (TPSA) is 57.6 Å². The Labute approximate surface area is 115 Å². The Kier molecular flexibility index (Phi) is 4.99. The Balaban J connectivity index is 3.37. The number of carboxylic acids is 1. The first-order chi connectivity index (χ1) is 8.40. The van der Waals surface area contributed by atoms with Gasteiger partial charge < -0.3 is 10.0 Å². The zero-order valence-electron chi connectivity index (χ0n) is 9.98. The van der Waals surface area contributed by atoms with Crippen LogP contribution in [0.5, 0.6) is 0 Å². The summed E-state index contributed by atoms with van der Waals surface area (Å²) in [5.74, 6) is -1.51. The summed E-state index contributed by atoms with van der Waals surface area (Å²) >= 11 is 12.0. The molecular formula is C12H13Cl2NO3. The second kappa shape index (κ2) is 6.07. The minimum atomic E-state index is -1.17. The lowest BCUT2D eigenvalue weighted by Crippen LogP contribution is -2.37. The van der Waals surface area contributed by atoms with Gasteiger partial charge in [0.25, 0.3) is 0 Å². The highest BCUT2D eigenvalue weighted by molar-refractivity contribution is 6.36. The molecule has 6 heteroatoms. The number of nitrogens with zero attached hydrogens (tertiary/aromatic N) is 1. The molecule has 0 aliphatic carbocycles. The predicted molar refractivity (Wildman–Crippen MR) is 69.9 cm³/mol. The zero-order chi connectivity index (χ0) is 13.9. The van der Waals surface area contributed by atoms with Crippen LogP contribution < -0.4 is 0 Å². The number of hydrogen-bond acceptors (Lipinski definition) is 2. The van der Waals surface area contributed by atoms with E-state index in [1.165, 1.54) is 11.8 Å². The van der Waals surface area contributed by atoms with Crippen LogP contribution in [-0.2, 0) is 9.59 Å². The van der Waals surface area contributed by atoms with E-state index in [-0.39, 0.29) is 28.1 Å². The molecule has 1 aromatic carbocycles. The van der Waals surface area contributed by atoms with Crippen LogP contribution in [0.3, 0.4) is 0 Å². The molecule has 1 amide bonds. The normalized spacial score (nSPS) is 12.0. The summed E-state index contributed by atoms with van der Waals surface area (Å²) in [5.41, 5.74) is 0.241. The highest BCUT2D eigenvalue weighted by Gasteiger charge is 2.31. The smallest absolute Gasteiger partial charge is 0.331 e. The van der Waals surface area contributed by atoms with Crippen LogP contribution in [0.15, 0.2) is 18.2 Å². The van der Waals surface area contributed by atoms with E-state index in [1.54, 1.807) is 25.1 Å². The second-order valence-corrected chi connectivity index (χ2v) is 4.50. The zero-order valence-corrected chi connectivity index (χ0v) is 11.5. The van der Waals surface area contributed by atoms with E-state index in [9.17, 15) is 14.7 Å². The maximum absolute atomic E-state index is 11.5. The molecule has 0 fully saturated rings. The summed E-state index contributed by atoms with van der Waals surface area (Å²) < 4.78 is 0. The minimum Gasteiger partial charge on any atom is -0.479 e. The summed E-state index contributed by atoms with van der Waals surface area (Å²) in [5, 5.41) is 9.78. The fraction of sp³-hybridized carbons (Fsp3) is 0.333. The number of likely N-dealkylation sites (N-methyl/N-ethyl adjacent to an activating group) is 1. The molecule has 0 heterocycles. The summed E-state index contributed by atoms with van der Waals surface area (Å²) in [7, 11) is 0. The second-order valence-electron chi connectivity index (χ2n) is 3.68. The number of rotatable bonds is 4. The molecule has 1 atom stereocenters. The average Bonchev–Trinajstić information content (AvgIpc) is 2.26. The molecule has 1 rings (SSSR count). The van der Waals surface area contributed by atoms with E-state index in [4.69, 9.17) is 23.2 Å². The number of halogens is 2. The van der Waals surface area contributed by atoms with E-state index in [0.29, 0.717) is 0 Å². The van der Waals surface area contributed by atoms with Crippen molar-refractivity contribution in [1.29, 1.82) is 0 Å². The molecule has 1 aromatic rings. The molecule has 98 valence electrons. The van der Waals surface area contributed by atoms with Crippen molar-refractivity contribution in [1.82, 2.24) is 4.90 Å². The van der Waals surface area contributed by atoms with Crippen molar-refractivity contribution >= 4 is 35.1 Å². The van der Waals surface area contributed by atoms with Crippen molar-refractivity contribution in [2.24, 2.45) is 0 Å². The molecular weight excluding hydrogens is 277 g/mol. The molecule has 0 radical (unpaired) electrons. The Morgan fingerprint density at radius 1 is 1.33 bits per heavy atom. The van der Waals surface area contributed by atoms with E-state index < -0.39 is 12.0 Å². The lowest BCUT2D eigenvalue weighted by molar-refractivity contribution is -0.149. The Morgan fingerprint density at radius 3 is 2.17 bits per heavy atom. The molecule has 1 unspecified atom stereocenters. The van der Waals surface area contributed by atoms with Crippen LogP contribution in [-0.4, -0.2) is 28.4 Å². The minimum absolute atomic E-state index is 0.231. The highest BCUT2D eigenvalue weighted by atomic mass is 35.5. The van der Waals surface area contributed by atoms with Crippen molar-refractivity contribution in [3.05, 3.63) is 33.8 Å². The molecule has 0 bridgehead atoms. The van der Waals surface area contributed by atoms with Crippen molar-refractivity contribution in [3.8, 4) is 0 Å². The third kappa shape index (κ3) is 2.94. The fourth-order valence-electron chi connectivity index (χ4n) is 1.77. The number of carbonyl (C=O) groups excluding carboxylic acids is 1. The van der Waals surface area contributed by atoms with Gasteiger partial charge in [-0.25, -0.2) is 4.79 Å². The number of carbonyl (C=O) groups is 2.